The summed E-state index contributed by atoms with van der Waals surface area (Å²) in [6, 6.07) is 4.12. The molecule has 6 rings (SSSR count). The maximum Gasteiger partial charge on any atom is 0.231 e. The van der Waals surface area contributed by atoms with Crippen LogP contribution in [0.15, 0.2) is 29.6 Å². The van der Waals surface area contributed by atoms with E-state index < -0.39 is 0 Å². The molecular formula is C23H29N9. The van der Waals surface area contributed by atoms with Crippen LogP contribution >= 0.6 is 0 Å². The smallest absolute Gasteiger partial charge is 0.231 e. The van der Waals surface area contributed by atoms with Gasteiger partial charge in [-0.2, -0.15) is 4.98 Å². The molecule has 3 aromatic heterocycles. The summed E-state index contributed by atoms with van der Waals surface area (Å²) in [6.45, 7) is 4.21. The minimum Gasteiger partial charge on any atom is -0.368 e. The first-order valence-corrected chi connectivity index (χ1v) is 11.7. The van der Waals surface area contributed by atoms with Crippen molar-refractivity contribution in [3.63, 3.8) is 0 Å². The minimum absolute atomic E-state index is 0.116. The molecule has 0 unspecified atom stereocenters. The topological polar surface area (TPSA) is 86.8 Å². The summed E-state index contributed by atoms with van der Waals surface area (Å²) in [6.07, 6.45) is 12.8. The highest BCUT2D eigenvalue weighted by Crippen LogP contribution is 2.48. The number of hydrogen-bond donors (Lipinski definition) is 1. The highest BCUT2D eigenvalue weighted by Gasteiger charge is 2.40. The molecule has 1 saturated heterocycles. The summed E-state index contributed by atoms with van der Waals surface area (Å²) >= 11 is 0. The molecule has 0 bridgehead atoms. The molecule has 0 aromatic carbocycles. The van der Waals surface area contributed by atoms with Gasteiger partial charge in [0.25, 0.3) is 0 Å². The van der Waals surface area contributed by atoms with E-state index in [9.17, 15) is 0 Å². The van der Waals surface area contributed by atoms with Crippen LogP contribution in [0, 0.1) is 0 Å². The number of fused-ring (bicyclic) bond motifs is 4. The van der Waals surface area contributed by atoms with E-state index in [0.29, 0.717) is 5.95 Å². The molecule has 0 atom stereocenters. The number of pyridine rings is 1. The summed E-state index contributed by atoms with van der Waals surface area (Å²) in [5, 5.41) is 7.94. The third kappa shape index (κ3) is 3.40. The second kappa shape index (κ2) is 7.81. The van der Waals surface area contributed by atoms with E-state index in [0.717, 1.165) is 55.6 Å². The van der Waals surface area contributed by atoms with Crippen LogP contribution < -0.4 is 10.2 Å². The summed E-state index contributed by atoms with van der Waals surface area (Å²) in [7, 11) is 2.17. The van der Waals surface area contributed by atoms with Crippen LogP contribution in [0.4, 0.5) is 23.3 Å². The maximum atomic E-state index is 4.86. The fourth-order valence-electron chi connectivity index (χ4n) is 5.38. The van der Waals surface area contributed by atoms with E-state index >= 15 is 0 Å². The third-order valence-electron chi connectivity index (χ3n) is 7.26. The zero-order valence-corrected chi connectivity index (χ0v) is 18.5. The first-order valence-electron chi connectivity index (χ1n) is 11.7. The van der Waals surface area contributed by atoms with Gasteiger partial charge in [0.2, 0.25) is 5.95 Å². The number of aliphatic imine (C=N–C) groups is 1. The third-order valence-corrected chi connectivity index (χ3v) is 7.26. The quantitative estimate of drug-likeness (QED) is 0.681. The van der Waals surface area contributed by atoms with Gasteiger partial charge in [-0.15, -0.1) is 5.10 Å². The van der Waals surface area contributed by atoms with Gasteiger partial charge in [-0.1, -0.05) is 19.3 Å². The highest BCUT2D eigenvalue weighted by atomic mass is 15.3. The molecule has 3 aromatic rings. The Morgan fingerprint density at radius 3 is 2.62 bits per heavy atom. The molecule has 1 aliphatic carbocycles. The molecule has 2 fully saturated rings. The van der Waals surface area contributed by atoms with Gasteiger partial charge in [0, 0.05) is 37.8 Å². The molecule has 2 aliphatic heterocycles. The van der Waals surface area contributed by atoms with Crippen molar-refractivity contribution in [2.45, 2.75) is 43.9 Å². The van der Waals surface area contributed by atoms with Gasteiger partial charge >= 0.3 is 0 Å². The molecule has 9 nitrogen and oxygen atoms in total. The number of likely N-dealkylation sites (N-methyl/N-ethyl adjacent to an activating group) is 1. The van der Waals surface area contributed by atoms with Crippen LogP contribution in [0.25, 0.3) is 5.65 Å². The Hall–Kier alpha value is -3.07. The molecule has 1 spiro atoms. The first kappa shape index (κ1) is 19.6. The molecule has 1 N–H and O–H groups in total. The van der Waals surface area contributed by atoms with Gasteiger partial charge in [0.15, 0.2) is 11.5 Å². The van der Waals surface area contributed by atoms with Crippen molar-refractivity contribution in [2.24, 2.45) is 4.99 Å². The van der Waals surface area contributed by atoms with Gasteiger partial charge < -0.3 is 15.1 Å². The van der Waals surface area contributed by atoms with Gasteiger partial charge in [0.1, 0.15) is 12.1 Å². The SMILES string of the molecule is CN1CCN(c2ccc(Nc3ncn4nc5c(c4n3)C3(CC=N5)CCCCC3)nc2)CC1. The Kier molecular flexibility index (Phi) is 4.78. The van der Waals surface area contributed by atoms with E-state index in [1.165, 1.54) is 37.7 Å². The van der Waals surface area contributed by atoms with Crippen molar-refractivity contribution >= 4 is 35.1 Å². The van der Waals surface area contributed by atoms with E-state index in [1.807, 2.05) is 18.5 Å². The molecule has 166 valence electrons. The summed E-state index contributed by atoms with van der Waals surface area (Å²) in [4.78, 5) is 23.3. The van der Waals surface area contributed by atoms with Crippen molar-refractivity contribution in [3.05, 3.63) is 30.2 Å². The van der Waals surface area contributed by atoms with Gasteiger partial charge in [-0.05, 0) is 38.4 Å². The first-order chi connectivity index (χ1) is 15.7. The average molecular weight is 432 g/mol. The molecule has 5 heterocycles. The standard InChI is InChI=1S/C23H29N9/c1-30-11-13-31(14-12-30)17-5-6-18(25-15-17)27-22-26-16-32-21(28-22)19-20(29-32)24-10-9-23(19)7-3-2-4-8-23/h5-6,10,15-16H,2-4,7-9,11-14H2,1H3,(H,25,27,28). The molecule has 9 heteroatoms. The largest absolute Gasteiger partial charge is 0.368 e. The number of nitrogens with one attached hydrogen (secondary N) is 1. The maximum absolute atomic E-state index is 4.86. The van der Waals surface area contributed by atoms with Crippen LogP contribution in [-0.2, 0) is 5.41 Å². The highest BCUT2D eigenvalue weighted by molar-refractivity contribution is 5.76. The van der Waals surface area contributed by atoms with E-state index in [4.69, 9.17) is 4.98 Å². The fraction of sp³-hybridized carbons (Fsp3) is 0.522. The lowest BCUT2D eigenvalue weighted by atomic mass is 9.67. The number of anilines is 3. The summed E-state index contributed by atoms with van der Waals surface area (Å²) in [5.41, 5.74) is 3.33. The van der Waals surface area contributed by atoms with Crippen LogP contribution in [0.5, 0.6) is 0 Å². The van der Waals surface area contributed by atoms with E-state index in [2.05, 4.69) is 48.3 Å². The number of hydrogen-bond acceptors (Lipinski definition) is 8. The molecule has 1 saturated carbocycles. The monoisotopic (exact) mass is 431 g/mol. The Morgan fingerprint density at radius 2 is 1.84 bits per heavy atom. The molecule has 32 heavy (non-hydrogen) atoms. The molecule has 3 aliphatic rings. The summed E-state index contributed by atoms with van der Waals surface area (Å²) in [5.74, 6) is 2.09. The van der Waals surface area contributed by atoms with Crippen molar-refractivity contribution < 1.29 is 0 Å². The van der Waals surface area contributed by atoms with Crippen LogP contribution in [0.2, 0.25) is 0 Å². The Balaban J connectivity index is 1.27. The van der Waals surface area contributed by atoms with Crippen LogP contribution in [0.1, 0.15) is 44.1 Å². The summed E-state index contributed by atoms with van der Waals surface area (Å²) < 4.78 is 1.78. The van der Waals surface area contributed by atoms with Crippen LogP contribution in [0.3, 0.4) is 0 Å². The lowest BCUT2D eigenvalue weighted by molar-refractivity contribution is 0.304. The fourth-order valence-corrected chi connectivity index (χ4v) is 5.38. The Bertz CT molecular complexity index is 1140. The van der Waals surface area contributed by atoms with Crippen molar-refractivity contribution in [1.82, 2.24) is 29.5 Å². The lowest BCUT2D eigenvalue weighted by Gasteiger charge is -2.37. The number of rotatable bonds is 3. The van der Waals surface area contributed by atoms with Crippen molar-refractivity contribution in [2.75, 3.05) is 43.4 Å². The number of piperazine rings is 1. The zero-order valence-electron chi connectivity index (χ0n) is 18.5. The lowest BCUT2D eigenvalue weighted by Crippen LogP contribution is -2.44. The average Bonchev–Trinajstić information content (AvgIpc) is 3.20. The zero-order chi connectivity index (χ0) is 21.5. The van der Waals surface area contributed by atoms with Gasteiger partial charge in [-0.25, -0.2) is 19.5 Å². The minimum atomic E-state index is 0.116. The van der Waals surface area contributed by atoms with Gasteiger partial charge in [0.05, 0.1) is 17.4 Å². The predicted molar refractivity (Wildman–Crippen MR) is 126 cm³/mol. The Labute approximate surface area is 187 Å². The second-order valence-corrected chi connectivity index (χ2v) is 9.32. The molecular weight excluding hydrogens is 402 g/mol. The predicted octanol–water partition coefficient (Wildman–Crippen LogP) is 3.32. The van der Waals surface area contributed by atoms with Crippen molar-refractivity contribution in [3.8, 4) is 0 Å². The molecule has 0 radical (unpaired) electrons. The number of nitrogens with zero attached hydrogens (tertiary/aromatic N) is 8. The van der Waals surface area contributed by atoms with Gasteiger partial charge in [-0.3, -0.25) is 0 Å². The second-order valence-electron chi connectivity index (χ2n) is 9.32. The van der Waals surface area contributed by atoms with E-state index in [-0.39, 0.29) is 5.41 Å². The van der Waals surface area contributed by atoms with E-state index in [1.54, 1.807) is 10.8 Å². The van der Waals surface area contributed by atoms with Crippen LogP contribution in [-0.4, -0.2) is 68.9 Å². The normalized spacial score (nSPS) is 20.6. The van der Waals surface area contributed by atoms with Crippen molar-refractivity contribution in [1.29, 1.82) is 0 Å². The Morgan fingerprint density at radius 1 is 1.00 bits per heavy atom. The number of aromatic nitrogens is 5. The molecule has 0 amide bonds.